The second-order valence-corrected chi connectivity index (χ2v) is 11.3. The summed E-state index contributed by atoms with van der Waals surface area (Å²) < 4.78 is 11.5. The molecular weight excluding hydrogens is 484 g/mol. The number of hydrogen-bond acceptors (Lipinski definition) is 5. The highest BCUT2D eigenvalue weighted by Gasteiger charge is 2.38. The number of amides is 2. The lowest BCUT2D eigenvalue weighted by molar-refractivity contribution is -0.137. The van der Waals surface area contributed by atoms with Gasteiger partial charge in [0, 0.05) is 32.0 Å². The van der Waals surface area contributed by atoms with Crippen LogP contribution >= 0.6 is 0 Å². The Kier molecular flexibility index (Phi) is 8.29. The number of aliphatic carboxylic acids is 1. The van der Waals surface area contributed by atoms with Gasteiger partial charge in [-0.3, -0.25) is 4.79 Å². The van der Waals surface area contributed by atoms with E-state index >= 15 is 0 Å². The number of fused-ring (bicyclic) bond motifs is 3. The molecule has 8 nitrogen and oxygen atoms in total. The van der Waals surface area contributed by atoms with Crippen molar-refractivity contribution in [2.75, 3.05) is 26.2 Å². The summed E-state index contributed by atoms with van der Waals surface area (Å²) in [4.78, 5) is 40.8. The van der Waals surface area contributed by atoms with Crippen molar-refractivity contribution in [1.29, 1.82) is 0 Å². The van der Waals surface area contributed by atoms with Crippen molar-refractivity contribution < 1.29 is 29.0 Å². The zero-order valence-corrected chi connectivity index (χ0v) is 22.7. The first kappa shape index (κ1) is 27.5. The lowest BCUT2D eigenvalue weighted by Crippen LogP contribution is -2.56. The Labute approximate surface area is 224 Å². The fourth-order valence-corrected chi connectivity index (χ4v) is 5.42. The number of rotatable bonds is 7. The fourth-order valence-electron chi connectivity index (χ4n) is 5.42. The molecule has 2 unspecified atom stereocenters. The second kappa shape index (κ2) is 11.5. The Bertz CT molecular complexity index is 1130. The molecule has 4 rings (SSSR count). The van der Waals surface area contributed by atoms with E-state index in [0.29, 0.717) is 25.9 Å². The molecule has 1 saturated heterocycles. The molecule has 0 saturated carbocycles. The molecule has 2 aromatic rings. The van der Waals surface area contributed by atoms with Gasteiger partial charge >= 0.3 is 18.2 Å². The normalized spacial score (nSPS) is 18.9. The lowest BCUT2D eigenvalue weighted by Gasteiger charge is -2.42. The first-order valence-corrected chi connectivity index (χ1v) is 13.4. The third-order valence-corrected chi connectivity index (χ3v) is 7.33. The van der Waals surface area contributed by atoms with E-state index in [1.807, 2.05) is 45.0 Å². The van der Waals surface area contributed by atoms with Crippen molar-refractivity contribution in [1.82, 2.24) is 9.80 Å². The predicted molar refractivity (Wildman–Crippen MR) is 144 cm³/mol. The first-order valence-electron chi connectivity index (χ1n) is 13.4. The van der Waals surface area contributed by atoms with Gasteiger partial charge in [-0.15, -0.1) is 0 Å². The van der Waals surface area contributed by atoms with Crippen molar-refractivity contribution in [2.24, 2.45) is 5.92 Å². The highest BCUT2D eigenvalue weighted by molar-refractivity contribution is 5.79. The summed E-state index contributed by atoms with van der Waals surface area (Å²) >= 11 is 0. The molecular formula is C30H38N2O6. The highest BCUT2D eigenvalue weighted by Crippen LogP contribution is 2.44. The van der Waals surface area contributed by atoms with Gasteiger partial charge < -0.3 is 24.4 Å². The van der Waals surface area contributed by atoms with Gasteiger partial charge in [0.05, 0.1) is 6.04 Å². The molecule has 1 fully saturated rings. The number of hydrogen-bond donors (Lipinski definition) is 1. The summed E-state index contributed by atoms with van der Waals surface area (Å²) in [5.41, 5.74) is 3.93. The standard InChI is InChI=1S/C30H38N2O6/c1-20-15-17-31(28(35)38-30(2,3)4)18-26(20)32(16-9-14-27(33)34)29(36)37-19-25-23-12-7-5-10-21(23)22-11-6-8-13-24(22)25/h5-8,10-13,20,25-26H,9,14-19H2,1-4H3,(H,33,34). The van der Waals surface area contributed by atoms with Crippen molar-refractivity contribution in [3.05, 3.63) is 59.7 Å². The monoisotopic (exact) mass is 522 g/mol. The lowest BCUT2D eigenvalue weighted by atomic mass is 9.92. The number of carboxylic acids is 1. The van der Waals surface area contributed by atoms with Gasteiger partial charge in [-0.1, -0.05) is 55.5 Å². The van der Waals surface area contributed by atoms with Crippen LogP contribution in [0.2, 0.25) is 0 Å². The van der Waals surface area contributed by atoms with Gasteiger partial charge in [0.15, 0.2) is 0 Å². The highest BCUT2D eigenvalue weighted by atomic mass is 16.6. The van der Waals surface area contributed by atoms with E-state index in [9.17, 15) is 19.5 Å². The van der Waals surface area contributed by atoms with Crippen LogP contribution in [-0.4, -0.2) is 70.9 Å². The third-order valence-electron chi connectivity index (χ3n) is 7.33. The molecule has 0 aromatic heterocycles. The van der Waals surface area contributed by atoms with Crippen LogP contribution in [0.25, 0.3) is 11.1 Å². The number of ether oxygens (including phenoxy) is 2. The summed E-state index contributed by atoms with van der Waals surface area (Å²) in [5.74, 6) is -0.877. The van der Waals surface area contributed by atoms with Gasteiger partial charge in [-0.2, -0.15) is 0 Å². The summed E-state index contributed by atoms with van der Waals surface area (Å²) in [6, 6.07) is 16.0. The van der Waals surface area contributed by atoms with Crippen LogP contribution in [0.5, 0.6) is 0 Å². The van der Waals surface area contributed by atoms with E-state index in [1.54, 1.807) is 9.80 Å². The molecule has 0 spiro atoms. The Hall–Kier alpha value is -3.55. The average Bonchev–Trinajstić information content (AvgIpc) is 3.18. The first-order chi connectivity index (χ1) is 18.0. The van der Waals surface area contributed by atoms with Gasteiger partial charge in [0.25, 0.3) is 0 Å². The van der Waals surface area contributed by atoms with Crippen molar-refractivity contribution in [3.63, 3.8) is 0 Å². The quantitative estimate of drug-likeness (QED) is 0.498. The van der Waals surface area contributed by atoms with Crippen LogP contribution in [0, 0.1) is 5.92 Å². The summed E-state index contributed by atoms with van der Waals surface area (Å²) in [7, 11) is 0. The van der Waals surface area contributed by atoms with Crippen LogP contribution in [0.15, 0.2) is 48.5 Å². The number of carboxylic acid groups (broad SMARTS) is 1. The van der Waals surface area contributed by atoms with Gasteiger partial charge in [-0.05, 0) is 61.8 Å². The molecule has 1 heterocycles. The molecule has 204 valence electrons. The number of carbonyl (C=O) groups excluding carboxylic acids is 2. The van der Waals surface area contributed by atoms with Crippen molar-refractivity contribution in [2.45, 2.75) is 64.5 Å². The number of nitrogens with zero attached hydrogens (tertiary/aromatic N) is 2. The van der Waals surface area contributed by atoms with E-state index in [1.165, 1.54) is 0 Å². The third kappa shape index (κ3) is 6.29. The summed E-state index contributed by atoms with van der Waals surface area (Å²) in [6.45, 7) is 8.79. The van der Waals surface area contributed by atoms with Gasteiger partial charge in [0.1, 0.15) is 12.2 Å². The maximum absolute atomic E-state index is 13.6. The van der Waals surface area contributed by atoms with Crippen molar-refractivity contribution >= 4 is 18.2 Å². The maximum Gasteiger partial charge on any atom is 0.410 e. The number of carbonyl (C=O) groups is 3. The molecule has 8 heteroatoms. The zero-order chi connectivity index (χ0) is 27.4. The minimum atomic E-state index is -0.912. The molecule has 1 aliphatic heterocycles. The topological polar surface area (TPSA) is 96.4 Å². The molecule has 2 atom stereocenters. The number of likely N-dealkylation sites (tertiary alicyclic amines) is 1. The number of benzene rings is 2. The van der Waals surface area contributed by atoms with Crippen LogP contribution in [0.4, 0.5) is 9.59 Å². The van der Waals surface area contributed by atoms with E-state index < -0.39 is 23.8 Å². The van der Waals surface area contributed by atoms with Crippen molar-refractivity contribution in [3.8, 4) is 11.1 Å². The minimum Gasteiger partial charge on any atom is -0.481 e. The predicted octanol–water partition coefficient (Wildman–Crippen LogP) is 5.75. The minimum absolute atomic E-state index is 0.0516. The maximum atomic E-state index is 13.6. The fraction of sp³-hybridized carbons (Fsp3) is 0.500. The molecule has 2 amide bonds. The van der Waals surface area contributed by atoms with E-state index in [0.717, 1.165) is 22.3 Å². The van der Waals surface area contributed by atoms with Crippen LogP contribution < -0.4 is 0 Å². The molecule has 1 N–H and O–H groups in total. The molecule has 38 heavy (non-hydrogen) atoms. The summed E-state index contributed by atoms with van der Waals surface area (Å²) in [5, 5.41) is 9.18. The van der Waals surface area contributed by atoms with E-state index in [4.69, 9.17) is 9.47 Å². The molecule has 2 aliphatic rings. The molecule has 0 radical (unpaired) electrons. The Morgan fingerprint density at radius 3 is 2.21 bits per heavy atom. The average molecular weight is 523 g/mol. The van der Waals surface area contributed by atoms with Gasteiger partial charge in [-0.25, -0.2) is 9.59 Å². The molecule has 2 aromatic carbocycles. The Morgan fingerprint density at radius 1 is 1.03 bits per heavy atom. The van der Waals surface area contributed by atoms with E-state index in [-0.39, 0.29) is 37.5 Å². The molecule has 1 aliphatic carbocycles. The largest absolute Gasteiger partial charge is 0.481 e. The Morgan fingerprint density at radius 2 is 1.63 bits per heavy atom. The SMILES string of the molecule is CC1CCN(C(=O)OC(C)(C)C)CC1N(CCCC(=O)O)C(=O)OCC1c2ccccc2-c2ccccc21. The van der Waals surface area contributed by atoms with Gasteiger partial charge in [0.2, 0.25) is 0 Å². The van der Waals surface area contributed by atoms with Crippen LogP contribution in [0.3, 0.4) is 0 Å². The van der Waals surface area contributed by atoms with E-state index in [2.05, 4.69) is 31.2 Å². The van der Waals surface area contributed by atoms with Crippen LogP contribution in [-0.2, 0) is 14.3 Å². The summed E-state index contributed by atoms with van der Waals surface area (Å²) in [6.07, 6.45) is 0.0578. The Balaban J connectivity index is 1.51. The van der Waals surface area contributed by atoms with Crippen LogP contribution in [0.1, 0.15) is 64.0 Å². The second-order valence-electron chi connectivity index (χ2n) is 11.3. The zero-order valence-electron chi connectivity index (χ0n) is 22.7. The molecule has 0 bridgehead atoms. The smallest absolute Gasteiger partial charge is 0.410 e. The number of piperidine rings is 1.